The second-order valence-corrected chi connectivity index (χ2v) is 8.79. The zero-order chi connectivity index (χ0) is 22.0. The highest BCUT2D eigenvalue weighted by Crippen LogP contribution is 2.44. The van der Waals surface area contributed by atoms with Crippen LogP contribution in [0.2, 0.25) is 0 Å². The number of alkyl carbamates (subject to hydrolysis) is 1. The second kappa shape index (κ2) is 9.01. The Morgan fingerprint density at radius 2 is 1.74 bits per heavy atom. The molecular weight excluding hydrogens is 416 g/mol. The number of hydrogen-bond acceptors (Lipinski definition) is 5. The number of benzene rings is 2. The highest BCUT2D eigenvalue weighted by Gasteiger charge is 2.35. The Kier molecular flexibility index (Phi) is 6.18. The summed E-state index contributed by atoms with van der Waals surface area (Å²) in [5.74, 6) is -0.588. The van der Waals surface area contributed by atoms with Gasteiger partial charge in [-0.1, -0.05) is 48.5 Å². The highest BCUT2D eigenvalue weighted by atomic mass is 32.2. The molecule has 2 aromatic carbocycles. The van der Waals surface area contributed by atoms with E-state index < -0.39 is 24.1 Å². The minimum atomic E-state index is -1.00. The average Bonchev–Trinajstić information content (AvgIpc) is 3.36. The number of rotatable bonds is 6. The van der Waals surface area contributed by atoms with Crippen LogP contribution in [0.5, 0.6) is 0 Å². The number of carboxylic acids is 1. The number of amides is 2. The molecule has 0 spiro atoms. The SMILES string of the molecule is CC(CC(=O)N1CSCC1C(=O)O)NC(=O)OCC1c2ccccc2-c2ccccc21. The third-order valence-corrected chi connectivity index (χ3v) is 6.69. The lowest BCUT2D eigenvalue weighted by molar-refractivity contribution is -0.147. The molecule has 1 aliphatic heterocycles. The molecule has 2 N–H and O–H groups in total. The minimum absolute atomic E-state index is 0.0224. The summed E-state index contributed by atoms with van der Waals surface area (Å²) >= 11 is 1.41. The molecule has 1 aliphatic carbocycles. The van der Waals surface area contributed by atoms with Crippen molar-refractivity contribution in [1.82, 2.24) is 10.2 Å². The summed E-state index contributed by atoms with van der Waals surface area (Å²) in [6.45, 7) is 1.91. The molecule has 0 bridgehead atoms. The van der Waals surface area contributed by atoms with Crippen LogP contribution in [-0.4, -0.2) is 58.3 Å². The zero-order valence-corrected chi connectivity index (χ0v) is 17.9. The van der Waals surface area contributed by atoms with Crippen LogP contribution in [0.25, 0.3) is 11.1 Å². The second-order valence-electron chi connectivity index (χ2n) is 7.79. The van der Waals surface area contributed by atoms with Gasteiger partial charge in [0.25, 0.3) is 0 Å². The van der Waals surface area contributed by atoms with Gasteiger partial charge in [-0.3, -0.25) is 4.79 Å². The summed E-state index contributed by atoms with van der Waals surface area (Å²) in [5.41, 5.74) is 4.57. The van der Waals surface area contributed by atoms with Gasteiger partial charge in [-0.05, 0) is 29.2 Å². The average molecular weight is 441 g/mol. The van der Waals surface area contributed by atoms with Gasteiger partial charge in [0.15, 0.2) is 0 Å². The van der Waals surface area contributed by atoms with Crippen molar-refractivity contribution in [1.29, 1.82) is 0 Å². The number of fused-ring (bicyclic) bond motifs is 3. The van der Waals surface area contributed by atoms with Crippen LogP contribution in [0, 0.1) is 0 Å². The van der Waals surface area contributed by atoms with Gasteiger partial charge in [0.05, 0.1) is 5.88 Å². The molecule has 31 heavy (non-hydrogen) atoms. The van der Waals surface area contributed by atoms with E-state index in [0.717, 1.165) is 22.3 Å². The standard InChI is InChI=1S/C23H24N2O5S/c1-14(10-21(26)25-13-31-12-20(25)22(27)28)24-23(29)30-11-19-17-8-4-2-6-15(17)16-7-3-5-9-18(16)19/h2-9,14,19-20H,10-13H2,1H3,(H,24,29)(H,27,28). The van der Waals surface area contributed by atoms with E-state index in [2.05, 4.69) is 29.6 Å². The van der Waals surface area contributed by atoms with Gasteiger partial charge in [0.1, 0.15) is 12.6 Å². The van der Waals surface area contributed by atoms with Crippen LogP contribution in [0.3, 0.4) is 0 Å². The van der Waals surface area contributed by atoms with Crippen LogP contribution >= 0.6 is 11.8 Å². The molecule has 162 valence electrons. The first kappa shape index (κ1) is 21.2. The highest BCUT2D eigenvalue weighted by molar-refractivity contribution is 7.99. The van der Waals surface area contributed by atoms with Gasteiger partial charge < -0.3 is 20.1 Å². The summed E-state index contributed by atoms with van der Waals surface area (Å²) in [4.78, 5) is 37.4. The Labute approximate surface area is 184 Å². The van der Waals surface area contributed by atoms with Crippen molar-refractivity contribution < 1.29 is 24.2 Å². The first-order valence-corrected chi connectivity index (χ1v) is 11.3. The largest absolute Gasteiger partial charge is 0.480 e. The molecule has 7 nitrogen and oxygen atoms in total. The lowest BCUT2D eigenvalue weighted by Gasteiger charge is -2.23. The molecule has 0 radical (unpaired) electrons. The number of hydrogen-bond donors (Lipinski definition) is 2. The summed E-state index contributed by atoms with van der Waals surface area (Å²) < 4.78 is 5.50. The number of nitrogens with one attached hydrogen (secondary N) is 1. The molecule has 1 heterocycles. The van der Waals surface area contributed by atoms with Crippen molar-refractivity contribution in [3.63, 3.8) is 0 Å². The van der Waals surface area contributed by atoms with Crippen molar-refractivity contribution in [3.8, 4) is 11.1 Å². The maximum Gasteiger partial charge on any atom is 0.407 e. The monoisotopic (exact) mass is 440 g/mol. The molecule has 1 fully saturated rings. The lowest BCUT2D eigenvalue weighted by atomic mass is 9.98. The number of carbonyl (C=O) groups is 3. The van der Waals surface area contributed by atoms with Crippen LogP contribution < -0.4 is 5.32 Å². The van der Waals surface area contributed by atoms with Crippen molar-refractivity contribution in [2.75, 3.05) is 18.2 Å². The van der Waals surface area contributed by atoms with Crippen molar-refractivity contribution in [2.24, 2.45) is 0 Å². The summed E-state index contributed by atoms with van der Waals surface area (Å²) in [6, 6.07) is 14.9. The fraction of sp³-hybridized carbons (Fsp3) is 0.348. The number of carboxylic acid groups (broad SMARTS) is 1. The van der Waals surface area contributed by atoms with Crippen LogP contribution in [-0.2, 0) is 14.3 Å². The molecule has 0 aromatic heterocycles. The van der Waals surface area contributed by atoms with E-state index >= 15 is 0 Å². The molecule has 2 aliphatic rings. The maximum absolute atomic E-state index is 12.5. The van der Waals surface area contributed by atoms with Crippen LogP contribution in [0.4, 0.5) is 4.79 Å². The Balaban J connectivity index is 1.32. The van der Waals surface area contributed by atoms with Crippen LogP contribution in [0.1, 0.15) is 30.4 Å². The molecule has 2 unspecified atom stereocenters. The van der Waals surface area contributed by atoms with Crippen molar-refractivity contribution in [3.05, 3.63) is 59.7 Å². The van der Waals surface area contributed by atoms with E-state index in [1.165, 1.54) is 16.7 Å². The molecular formula is C23H24N2O5S. The number of aliphatic carboxylic acids is 1. The first-order valence-electron chi connectivity index (χ1n) is 10.2. The van der Waals surface area contributed by atoms with E-state index in [1.54, 1.807) is 6.92 Å². The van der Waals surface area contributed by atoms with Crippen molar-refractivity contribution in [2.45, 2.75) is 31.3 Å². The number of nitrogens with zero attached hydrogens (tertiary/aromatic N) is 1. The third-order valence-electron chi connectivity index (χ3n) is 5.68. The van der Waals surface area contributed by atoms with Gasteiger partial charge in [-0.15, -0.1) is 11.8 Å². The Hall–Kier alpha value is -3.00. The smallest absolute Gasteiger partial charge is 0.407 e. The normalized spacial score (nSPS) is 18.2. The van der Waals surface area contributed by atoms with Gasteiger partial charge in [0, 0.05) is 24.1 Å². The van der Waals surface area contributed by atoms with E-state index in [1.807, 2.05) is 24.3 Å². The number of thioether (sulfide) groups is 1. The Morgan fingerprint density at radius 3 is 2.35 bits per heavy atom. The molecule has 2 aromatic rings. The summed E-state index contributed by atoms with van der Waals surface area (Å²) in [6.07, 6.45) is -0.568. The fourth-order valence-electron chi connectivity index (χ4n) is 4.16. The van der Waals surface area contributed by atoms with Gasteiger partial charge >= 0.3 is 12.1 Å². The minimum Gasteiger partial charge on any atom is -0.480 e. The first-order chi connectivity index (χ1) is 15.0. The van der Waals surface area contributed by atoms with E-state index in [9.17, 15) is 19.5 Å². The fourth-order valence-corrected chi connectivity index (χ4v) is 5.34. The van der Waals surface area contributed by atoms with E-state index in [4.69, 9.17) is 4.74 Å². The number of ether oxygens (including phenoxy) is 1. The molecule has 8 heteroatoms. The summed E-state index contributed by atoms with van der Waals surface area (Å²) in [7, 11) is 0. The molecule has 2 atom stereocenters. The molecule has 2 amide bonds. The molecule has 1 saturated heterocycles. The third kappa shape index (κ3) is 4.39. The Morgan fingerprint density at radius 1 is 1.13 bits per heavy atom. The number of carbonyl (C=O) groups excluding carboxylic acids is 2. The predicted octanol–water partition coefficient (Wildman–Crippen LogP) is 3.29. The topological polar surface area (TPSA) is 95.9 Å². The van der Waals surface area contributed by atoms with E-state index in [-0.39, 0.29) is 24.9 Å². The Bertz CT molecular complexity index is 965. The zero-order valence-electron chi connectivity index (χ0n) is 17.1. The predicted molar refractivity (Wildman–Crippen MR) is 118 cm³/mol. The van der Waals surface area contributed by atoms with E-state index in [0.29, 0.717) is 11.6 Å². The maximum atomic E-state index is 12.5. The van der Waals surface area contributed by atoms with Gasteiger partial charge in [-0.25, -0.2) is 9.59 Å². The van der Waals surface area contributed by atoms with Gasteiger partial charge in [0.2, 0.25) is 5.91 Å². The molecule has 0 saturated carbocycles. The van der Waals surface area contributed by atoms with Crippen LogP contribution in [0.15, 0.2) is 48.5 Å². The lowest BCUT2D eigenvalue weighted by Crippen LogP contribution is -2.44. The molecule has 4 rings (SSSR count). The van der Waals surface area contributed by atoms with Gasteiger partial charge in [-0.2, -0.15) is 0 Å². The van der Waals surface area contributed by atoms with Crippen molar-refractivity contribution >= 4 is 29.7 Å². The quantitative estimate of drug-likeness (QED) is 0.716. The summed E-state index contributed by atoms with van der Waals surface area (Å²) in [5, 5.41) is 11.9.